The Balaban J connectivity index is 1.67. The van der Waals surface area contributed by atoms with E-state index in [1.54, 1.807) is 37.4 Å². The van der Waals surface area contributed by atoms with Crippen LogP contribution in [0.15, 0.2) is 29.2 Å². The first-order valence-corrected chi connectivity index (χ1v) is 10.9. The minimum Gasteiger partial charge on any atom is -0.296 e. The molecule has 1 aliphatic rings. The number of carbonyl (C=O) groups excluding carboxylic acids is 2. The van der Waals surface area contributed by atoms with Crippen molar-refractivity contribution in [2.75, 3.05) is 12.4 Å². The van der Waals surface area contributed by atoms with Crippen molar-refractivity contribution in [3.63, 3.8) is 0 Å². The van der Waals surface area contributed by atoms with Crippen molar-refractivity contribution in [3.8, 4) is 0 Å². The van der Waals surface area contributed by atoms with Crippen molar-refractivity contribution in [3.05, 3.63) is 45.3 Å². The Morgan fingerprint density at radius 1 is 1.25 bits per heavy atom. The fourth-order valence-corrected chi connectivity index (χ4v) is 4.87. The SMILES string of the molecule is CCC(CC)c1nnc(NC(=O)c2ccc(/C=C3\SC(=S)N(C)C3=O)cc2)s1. The zero-order chi connectivity index (χ0) is 20.3. The van der Waals surface area contributed by atoms with E-state index >= 15 is 0 Å². The molecule has 1 N–H and O–H groups in total. The van der Waals surface area contributed by atoms with Crippen molar-refractivity contribution in [1.29, 1.82) is 0 Å². The lowest BCUT2D eigenvalue weighted by molar-refractivity contribution is -0.121. The summed E-state index contributed by atoms with van der Waals surface area (Å²) >= 11 is 7.82. The maximum absolute atomic E-state index is 12.5. The van der Waals surface area contributed by atoms with E-state index in [4.69, 9.17) is 12.2 Å². The summed E-state index contributed by atoms with van der Waals surface area (Å²) in [5.74, 6) is 0.0265. The maximum Gasteiger partial charge on any atom is 0.265 e. The first-order valence-electron chi connectivity index (χ1n) is 8.89. The number of carbonyl (C=O) groups is 2. The van der Waals surface area contributed by atoms with Gasteiger partial charge in [0.1, 0.15) is 9.33 Å². The van der Waals surface area contributed by atoms with E-state index in [2.05, 4.69) is 29.4 Å². The second-order valence-corrected chi connectivity index (χ2v) is 8.96. The van der Waals surface area contributed by atoms with Crippen molar-refractivity contribution < 1.29 is 9.59 Å². The van der Waals surface area contributed by atoms with Gasteiger partial charge in [-0.2, -0.15) is 0 Å². The second-order valence-electron chi connectivity index (χ2n) is 6.28. The molecule has 9 heteroatoms. The quantitative estimate of drug-likeness (QED) is 0.534. The Morgan fingerprint density at radius 3 is 2.50 bits per heavy atom. The third-order valence-electron chi connectivity index (χ3n) is 4.45. The van der Waals surface area contributed by atoms with Gasteiger partial charge in [-0.05, 0) is 36.6 Å². The number of anilines is 1. The molecule has 0 spiro atoms. The molecule has 1 fully saturated rings. The minimum absolute atomic E-state index is 0.110. The van der Waals surface area contributed by atoms with Crippen molar-refractivity contribution >= 4 is 62.7 Å². The molecule has 1 aromatic carbocycles. The van der Waals surface area contributed by atoms with E-state index < -0.39 is 0 Å². The van der Waals surface area contributed by atoms with E-state index in [0.717, 1.165) is 23.4 Å². The molecular weight excluding hydrogens is 412 g/mol. The first kappa shape index (κ1) is 20.6. The topological polar surface area (TPSA) is 75.2 Å². The van der Waals surface area contributed by atoms with Gasteiger partial charge in [0.05, 0.1) is 4.91 Å². The third-order valence-corrected chi connectivity index (χ3v) is 6.94. The van der Waals surface area contributed by atoms with Crippen LogP contribution in [0.5, 0.6) is 0 Å². The normalized spacial score (nSPS) is 15.7. The average Bonchev–Trinajstić information content (AvgIpc) is 3.24. The van der Waals surface area contributed by atoms with Gasteiger partial charge in [-0.15, -0.1) is 10.2 Å². The molecule has 2 heterocycles. The van der Waals surface area contributed by atoms with Crippen LogP contribution in [0.4, 0.5) is 5.13 Å². The molecule has 3 rings (SSSR count). The highest BCUT2D eigenvalue weighted by Gasteiger charge is 2.28. The van der Waals surface area contributed by atoms with Gasteiger partial charge in [-0.25, -0.2) is 0 Å². The predicted octanol–water partition coefficient (Wildman–Crippen LogP) is 4.53. The van der Waals surface area contributed by atoms with E-state index in [9.17, 15) is 9.59 Å². The zero-order valence-electron chi connectivity index (χ0n) is 15.8. The van der Waals surface area contributed by atoms with Crippen LogP contribution in [0.25, 0.3) is 6.08 Å². The summed E-state index contributed by atoms with van der Waals surface area (Å²) in [5.41, 5.74) is 1.34. The molecule has 2 aromatic rings. The number of nitrogens with zero attached hydrogens (tertiary/aromatic N) is 3. The first-order chi connectivity index (χ1) is 13.4. The number of thiocarbonyl (C=S) groups is 1. The fraction of sp³-hybridized carbons (Fsp3) is 0.316. The molecule has 0 radical (unpaired) electrons. The third kappa shape index (κ3) is 4.48. The van der Waals surface area contributed by atoms with Crippen LogP contribution in [0, 0.1) is 0 Å². The number of likely N-dealkylation sites (N-methyl/N-ethyl adjacent to an activating group) is 1. The van der Waals surface area contributed by atoms with Crippen molar-refractivity contribution in [1.82, 2.24) is 15.1 Å². The predicted molar refractivity (Wildman–Crippen MR) is 119 cm³/mol. The smallest absolute Gasteiger partial charge is 0.265 e. The van der Waals surface area contributed by atoms with Gasteiger partial charge in [-0.1, -0.05) is 61.3 Å². The zero-order valence-corrected chi connectivity index (χ0v) is 18.2. The van der Waals surface area contributed by atoms with E-state index in [1.165, 1.54) is 28.0 Å². The molecule has 28 heavy (non-hydrogen) atoms. The lowest BCUT2D eigenvalue weighted by atomic mass is 10.1. The van der Waals surface area contributed by atoms with Crippen LogP contribution < -0.4 is 5.32 Å². The number of rotatable bonds is 6. The Morgan fingerprint density at radius 2 is 1.93 bits per heavy atom. The van der Waals surface area contributed by atoms with Gasteiger partial charge in [-0.3, -0.25) is 19.8 Å². The van der Waals surface area contributed by atoms with Crippen LogP contribution >= 0.6 is 35.3 Å². The Bertz CT molecular complexity index is 933. The minimum atomic E-state index is -0.237. The standard InChI is InChI=1S/C19H20N4O2S3/c1-4-12(5-2)16-21-22-18(28-16)20-15(24)13-8-6-11(7-9-13)10-14-17(25)23(3)19(26)27-14/h6-10,12H,4-5H2,1-3H3,(H,20,22,24)/b14-10-. The lowest BCUT2D eigenvalue weighted by Crippen LogP contribution is -2.22. The average molecular weight is 433 g/mol. The van der Waals surface area contributed by atoms with Crippen LogP contribution in [-0.4, -0.2) is 38.3 Å². The number of aromatic nitrogens is 2. The molecule has 1 aliphatic heterocycles. The molecule has 2 amide bonds. The summed E-state index contributed by atoms with van der Waals surface area (Å²) in [4.78, 5) is 26.5. The van der Waals surface area contributed by atoms with Gasteiger partial charge in [0.15, 0.2) is 0 Å². The number of hydrogen-bond donors (Lipinski definition) is 1. The molecule has 6 nitrogen and oxygen atoms in total. The monoisotopic (exact) mass is 432 g/mol. The summed E-state index contributed by atoms with van der Waals surface area (Å²) in [7, 11) is 1.66. The number of hydrogen-bond acceptors (Lipinski definition) is 7. The van der Waals surface area contributed by atoms with Crippen LogP contribution in [0.3, 0.4) is 0 Å². The lowest BCUT2D eigenvalue weighted by Gasteiger charge is -2.06. The van der Waals surface area contributed by atoms with Crippen molar-refractivity contribution in [2.45, 2.75) is 32.6 Å². The Hall–Kier alpha value is -2.10. The van der Waals surface area contributed by atoms with Gasteiger partial charge < -0.3 is 0 Å². The summed E-state index contributed by atoms with van der Waals surface area (Å²) in [5, 5.41) is 12.5. The second kappa shape index (κ2) is 8.93. The summed E-state index contributed by atoms with van der Waals surface area (Å²) in [6.45, 7) is 4.24. The van der Waals surface area contributed by atoms with E-state index in [0.29, 0.717) is 25.8 Å². The van der Waals surface area contributed by atoms with Crippen molar-refractivity contribution in [2.24, 2.45) is 0 Å². The van der Waals surface area contributed by atoms with Gasteiger partial charge in [0, 0.05) is 18.5 Å². The van der Waals surface area contributed by atoms with E-state index in [-0.39, 0.29) is 11.8 Å². The highest BCUT2D eigenvalue weighted by atomic mass is 32.2. The largest absolute Gasteiger partial charge is 0.296 e. The van der Waals surface area contributed by atoms with Gasteiger partial charge in [0.25, 0.3) is 11.8 Å². The molecule has 0 aliphatic carbocycles. The van der Waals surface area contributed by atoms with Crippen LogP contribution in [0.2, 0.25) is 0 Å². The molecule has 1 aromatic heterocycles. The Kier molecular flexibility index (Phi) is 6.58. The molecule has 0 saturated carbocycles. The number of nitrogens with one attached hydrogen (secondary N) is 1. The summed E-state index contributed by atoms with van der Waals surface area (Å²) < 4.78 is 0.539. The molecule has 0 atom stereocenters. The molecule has 0 unspecified atom stereocenters. The molecule has 1 saturated heterocycles. The number of thioether (sulfide) groups is 1. The summed E-state index contributed by atoms with van der Waals surface area (Å²) in [6.07, 6.45) is 3.77. The fourth-order valence-electron chi connectivity index (χ4n) is 2.68. The van der Waals surface area contributed by atoms with Crippen LogP contribution in [-0.2, 0) is 4.79 Å². The summed E-state index contributed by atoms with van der Waals surface area (Å²) in [6, 6.07) is 7.03. The highest BCUT2D eigenvalue weighted by molar-refractivity contribution is 8.26. The van der Waals surface area contributed by atoms with Gasteiger partial charge >= 0.3 is 0 Å². The molecule has 0 bridgehead atoms. The number of benzene rings is 1. The van der Waals surface area contributed by atoms with E-state index in [1.807, 2.05) is 0 Å². The van der Waals surface area contributed by atoms with Crippen LogP contribution in [0.1, 0.15) is 53.5 Å². The molecular formula is C19H20N4O2S3. The maximum atomic E-state index is 12.5. The van der Waals surface area contributed by atoms with Gasteiger partial charge in [0.2, 0.25) is 5.13 Å². The number of amides is 2. The Labute approximate surface area is 177 Å². The highest BCUT2D eigenvalue weighted by Crippen LogP contribution is 2.31. The molecule has 146 valence electrons.